The number of rotatable bonds is 5. The highest BCUT2D eigenvalue weighted by Gasteiger charge is 2.37. The van der Waals surface area contributed by atoms with Crippen molar-refractivity contribution < 1.29 is 9.59 Å². The van der Waals surface area contributed by atoms with Crippen LogP contribution < -0.4 is 5.32 Å². The van der Waals surface area contributed by atoms with Gasteiger partial charge in [-0.25, -0.2) is 4.79 Å². The second-order valence-corrected chi connectivity index (χ2v) is 7.27. The highest BCUT2D eigenvalue weighted by atomic mass is 35.5. The average molecular weight is 356 g/mol. The fraction of sp³-hybridized carbons (Fsp3) is 0.688. The predicted molar refractivity (Wildman–Crippen MR) is 92.8 cm³/mol. The number of amides is 3. The maximum atomic E-state index is 12.5. The molecule has 0 aromatic carbocycles. The minimum absolute atomic E-state index is 0.0111. The number of nitrogens with one attached hydrogen (secondary N) is 1. The second-order valence-electron chi connectivity index (χ2n) is 6.83. The number of aryl methyl sites for hydroxylation is 1. The summed E-state index contributed by atoms with van der Waals surface area (Å²) in [6.45, 7) is 5.98. The standard InChI is InChI=1S/C16H26ClN5O2/c1-11(2)13-9-21(10-14(13)19-16(24)20(3)4)15(23)5-6-22-8-12(17)7-18-22/h7-8,11,13-14H,5-6,9-10H2,1-4H3,(H,19,24). The fourth-order valence-electron chi connectivity index (χ4n) is 2.98. The van der Waals surface area contributed by atoms with Crippen LogP contribution in [0.15, 0.2) is 12.4 Å². The summed E-state index contributed by atoms with van der Waals surface area (Å²) >= 11 is 5.83. The van der Waals surface area contributed by atoms with Crippen molar-refractivity contribution in [2.45, 2.75) is 32.9 Å². The highest BCUT2D eigenvalue weighted by Crippen LogP contribution is 2.25. The number of carbonyl (C=O) groups excluding carboxylic acids is 2. The third-order valence-electron chi connectivity index (χ3n) is 4.45. The van der Waals surface area contributed by atoms with Crippen molar-refractivity contribution in [3.05, 3.63) is 17.4 Å². The van der Waals surface area contributed by atoms with Gasteiger partial charge in [-0.2, -0.15) is 5.10 Å². The lowest BCUT2D eigenvalue weighted by Crippen LogP contribution is -2.46. The quantitative estimate of drug-likeness (QED) is 0.873. The number of hydrogen-bond acceptors (Lipinski definition) is 3. The molecule has 0 spiro atoms. The van der Waals surface area contributed by atoms with E-state index in [9.17, 15) is 9.59 Å². The molecule has 2 unspecified atom stereocenters. The van der Waals surface area contributed by atoms with Gasteiger partial charge in [0.1, 0.15) is 0 Å². The van der Waals surface area contributed by atoms with Crippen LogP contribution >= 0.6 is 11.6 Å². The number of likely N-dealkylation sites (tertiary alicyclic amines) is 1. The lowest BCUT2D eigenvalue weighted by atomic mass is 9.91. The molecule has 0 saturated carbocycles. The molecule has 8 heteroatoms. The van der Waals surface area contributed by atoms with Crippen molar-refractivity contribution >= 4 is 23.5 Å². The molecule has 1 aliphatic heterocycles. The van der Waals surface area contributed by atoms with Gasteiger partial charge >= 0.3 is 6.03 Å². The van der Waals surface area contributed by atoms with Crippen molar-refractivity contribution in [2.75, 3.05) is 27.2 Å². The largest absolute Gasteiger partial charge is 0.340 e. The number of aromatic nitrogens is 2. The van der Waals surface area contributed by atoms with E-state index in [1.165, 1.54) is 4.90 Å². The van der Waals surface area contributed by atoms with Crippen molar-refractivity contribution in [3.63, 3.8) is 0 Å². The number of hydrogen-bond donors (Lipinski definition) is 1. The van der Waals surface area contributed by atoms with Crippen LogP contribution in [-0.4, -0.2) is 64.7 Å². The normalized spacial score (nSPS) is 20.5. The van der Waals surface area contributed by atoms with Gasteiger partial charge in [0.25, 0.3) is 0 Å². The van der Waals surface area contributed by atoms with Crippen LogP contribution in [0.1, 0.15) is 20.3 Å². The van der Waals surface area contributed by atoms with Gasteiger partial charge in [-0.1, -0.05) is 25.4 Å². The molecule has 2 atom stereocenters. The molecular weight excluding hydrogens is 330 g/mol. The van der Waals surface area contributed by atoms with Gasteiger partial charge in [0, 0.05) is 52.3 Å². The molecular formula is C16H26ClN5O2. The molecule has 134 valence electrons. The minimum atomic E-state index is -0.119. The summed E-state index contributed by atoms with van der Waals surface area (Å²) < 4.78 is 1.67. The molecule has 1 aromatic heterocycles. The first-order chi connectivity index (χ1) is 11.3. The van der Waals surface area contributed by atoms with Crippen molar-refractivity contribution in [3.8, 4) is 0 Å². The first-order valence-corrected chi connectivity index (χ1v) is 8.59. The van der Waals surface area contributed by atoms with E-state index in [-0.39, 0.29) is 23.9 Å². The van der Waals surface area contributed by atoms with E-state index < -0.39 is 0 Å². The molecule has 2 rings (SSSR count). The van der Waals surface area contributed by atoms with Crippen molar-refractivity contribution in [1.29, 1.82) is 0 Å². The maximum absolute atomic E-state index is 12.5. The molecule has 1 aromatic rings. The molecule has 24 heavy (non-hydrogen) atoms. The van der Waals surface area contributed by atoms with Crippen LogP contribution in [0, 0.1) is 11.8 Å². The third kappa shape index (κ3) is 4.63. The summed E-state index contributed by atoms with van der Waals surface area (Å²) in [6.07, 6.45) is 3.64. The van der Waals surface area contributed by atoms with E-state index in [4.69, 9.17) is 11.6 Å². The van der Waals surface area contributed by atoms with Gasteiger partial charge in [-0.05, 0) is 5.92 Å². The van der Waals surface area contributed by atoms with Gasteiger partial charge in [0.05, 0.1) is 17.3 Å². The number of urea groups is 1. The molecule has 0 bridgehead atoms. The van der Waals surface area contributed by atoms with E-state index in [0.29, 0.717) is 37.0 Å². The highest BCUT2D eigenvalue weighted by molar-refractivity contribution is 6.30. The van der Waals surface area contributed by atoms with Gasteiger partial charge in [0.2, 0.25) is 5.91 Å². The summed E-state index contributed by atoms with van der Waals surface area (Å²) in [7, 11) is 3.43. The zero-order chi connectivity index (χ0) is 17.9. The topological polar surface area (TPSA) is 70.5 Å². The Hall–Kier alpha value is -1.76. The second kappa shape index (κ2) is 7.88. The third-order valence-corrected chi connectivity index (χ3v) is 4.64. The Bertz CT molecular complexity index is 587. The van der Waals surface area contributed by atoms with E-state index in [1.54, 1.807) is 31.2 Å². The van der Waals surface area contributed by atoms with Crippen LogP contribution in [0.5, 0.6) is 0 Å². The number of halogens is 1. The predicted octanol–water partition coefficient (Wildman–Crippen LogP) is 1.68. The fourth-order valence-corrected chi connectivity index (χ4v) is 3.13. The first-order valence-electron chi connectivity index (χ1n) is 8.21. The van der Waals surface area contributed by atoms with E-state index in [1.807, 2.05) is 4.90 Å². The summed E-state index contributed by atoms with van der Waals surface area (Å²) in [6, 6.07) is -0.130. The monoisotopic (exact) mass is 355 g/mol. The molecule has 1 aliphatic rings. The number of carbonyl (C=O) groups is 2. The van der Waals surface area contributed by atoms with Crippen LogP contribution in [0.3, 0.4) is 0 Å². The maximum Gasteiger partial charge on any atom is 0.317 e. The average Bonchev–Trinajstić information content (AvgIpc) is 3.11. The molecule has 0 aliphatic carbocycles. The number of nitrogens with zero attached hydrogens (tertiary/aromatic N) is 4. The van der Waals surface area contributed by atoms with Gasteiger partial charge in [0.15, 0.2) is 0 Å². The molecule has 1 fully saturated rings. The smallest absolute Gasteiger partial charge is 0.317 e. The van der Waals surface area contributed by atoms with Gasteiger partial charge < -0.3 is 15.1 Å². The molecule has 2 heterocycles. The zero-order valence-corrected chi connectivity index (χ0v) is 15.5. The lowest BCUT2D eigenvalue weighted by molar-refractivity contribution is -0.130. The Morgan fingerprint density at radius 3 is 2.67 bits per heavy atom. The summed E-state index contributed by atoms with van der Waals surface area (Å²) in [5, 5.41) is 7.68. The van der Waals surface area contributed by atoms with Gasteiger partial charge in [-0.3, -0.25) is 9.48 Å². The summed E-state index contributed by atoms with van der Waals surface area (Å²) in [5.74, 6) is 0.728. The Labute approximate surface area is 147 Å². The Kier molecular flexibility index (Phi) is 6.10. The SMILES string of the molecule is CC(C)C1CN(C(=O)CCn2cc(Cl)cn2)CC1NC(=O)N(C)C. The summed E-state index contributed by atoms with van der Waals surface area (Å²) in [4.78, 5) is 27.8. The van der Waals surface area contributed by atoms with Crippen LogP contribution in [-0.2, 0) is 11.3 Å². The summed E-state index contributed by atoms with van der Waals surface area (Å²) in [5.41, 5.74) is 0. The van der Waals surface area contributed by atoms with Crippen molar-refractivity contribution in [2.24, 2.45) is 11.8 Å². The molecule has 3 amide bonds. The van der Waals surface area contributed by atoms with Crippen LogP contribution in [0.25, 0.3) is 0 Å². The Morgan fingerprint density at radius 2 is 2.12 bits per heavy atom. The lowest BCUT2D eigenvalue weighted by Gasteiger charge is -2.24. The Morgan fingerprint density at radius 1 is 1.42 bits per heavy atom. The molecule has 1 N–H and O–H groups in total. The molecule has 0 radical (unpaired) electrons. The zero-order valence-electron chi connectivity index (χ0n) is 14.7. The first kappa shape index (κ1) is 18.6. The van der Waals surface area contributed by atoms with E-state index in [2.05, 4.69) is 24.3 Å². The Balaban J connectivity index is 1.93. The molecule has 7 nitrogen and oxygen atoms in total. The molecule has 1 saturated heterocycles. The van der Waals surface area contributed by atoms with E-state index in [0.717, 1.165) is 0 Å². The van der Waals surface area contributed by atoms with E-state index >= 15 is 0 Å². The van der Waals surface area contributed by atoms with Crippen LogP contribution in [0.4, 0.5) is 4.79 Å². The van der Waals surface area contributed by atoms with Gasteiger partial charge in [-0.15, -0.1) is 0 Å². The van der Waals surface area contributed by atoms with Crippen LogP contribution in [0.2, 0.25) is 5.02 Å². The minimum Gasteiger partial charge on any atom is -0.340 e. The van der Waals surface area contributed by atoms with Crippen molar-refractivity contribution in [1.82, 2.24) is 24.9 Å².